The van der Waals surface area contributed by atoms with Gasteiger partial charge in [0.1, 0.15) is 0 Å². The summed E-state index contributed by atoms with van der Waals surface area (Å²) in [7, 11) is 0. The van der Waals surface area contributed by atoms with Crippen LogP contribution in [0.4, 0.5) is 0 Å². The van der Waals surface area contributed by atoms with E-state index in [1.807, 2.05) is 0 Å². The number of carboxylic acids is 1. The molecule has 1 saturated heterocycles. The van der Waals surface area contributed by atoms with Gasteiger partial charge in [-0.25, -0.2) is 4.79 Å². The minimum absolute atomic E-state index is 0.120. The van der Waals surface area contributed by atoms with E-state index in [9.17, 15) is 9.59 Å². The zero-order valence-corrected chi connectivity index (χ0v) is 11.0. The largest absolute Gasteiger partial charge is 0.478 e. The molecule has 106 valence electrons. The molecule has 2 rings (SSSR count). The smallest absolute Gasteiger partial charge is 0.328 e. The molecule has 0 aliphatic carbocycles. The number of nitrogens with one attached hydrogen (secondary N) is 1. The molecule has 5 heteroatoms. The number of carboxylic acid groups (broad SMARTS) is 1. The van der Waals surface area contributed by atoms with E-state index in [-0.39, 0.29) is 5.91 Å². The third-order valence-corrected chi connectivity index (χ3v) is 3.17. The van der Waals surface area contributed by atoms with Gasteiger partial charge in [0.25, 0.3) is 5.91 Å². The van der Waals surface area contributed by atoms with Gasteiger partial charge in [-0.1, -0.05) is 12.1 Å². The summed E-state index contributed by atoms with van der Waals surface area (Å²) in [5.74, 6) is -0.715. The maximum absolute atomic E-state index is 11.9. The van der Waals surface area contributed by atoms with Gasteiger partial charge in [0.15, 0.2) is 0 Å². The standard InChI is InChI=1S/C15H17NO4/c17-14(18)6-3-11-1-4-13(5-2-11)15(19)16-9-12-7-8-20-10-12/h1-6,12H,7-10H2,(H,16,19)(H,17,18). The minimum atomic E-state index is -0.995. The molecule has 1 aromatic carbocycles. The van der Waals surface area contributed by atoms with Crippen LogP contribution in [0.3, 0.4) is 0 Å². The van der Waals surface area contributed by atoms with Crippen LogP contribution in [0.2, 0.25) is 0 Å². The summed E-state index contributed by atoms with van der Waals surface area (Å²) in [6, 6.07) is 6.80. The van der Waals surface area contributed by atoms with Crippen LogP contribution in [0, 0.1) is 5.92 Å². The lowest BCUT2D eigenvalue weighted by atomic mass is 10.1. The lowest BCUT2D eigenvalue weighted by Crippen LogP contribution is -2.29. The molecule has 1 fully saturated rings. The topological polar surface area (TPSA) is 75.6 Å². The monoisotopic (exact) mass is 275 g/mol. The van der Waals surface area contributed by atoms with Gasteiger partial charge in [-0.3, -0.25) is 4.79 Å². The molecule has 0 saturated carbocycles. The molecule has 0 bridgehead atoms. The SMILES string of the molecule is O=C(O)C=Cc1ccc(C(=O)NCC2CCOC2)cc1. The average molecular weight is 275 g/mol. The second-order valence-electron chi connectivity index (χ2n) is 4.73. The predicted octanol–water partition coefficient (Wildman–Crippen LogP) is 1.55. The normalized spacial score (nSPS) is 18.3. The highest BCUT2D eigenvalue weighted by molar-refractivity contribution is 5.94. The van der Waals surface area contributed by atoms with Crippen molar-refractivity contribution in [3.05, 3.63) is 41.5 Å². The van der Waals surface area contributed by atoms with Crippen LogP contribution in [0.25, 0.3) is 6.08 Å². The summed E-state index contributed by atoms with van der Waals surface area (Å²) in [6.07, 6.45) is 3.54. The molecule has 1 atom stereocenters. The van der Waals surface area contributed by atoms with E-state index in [0.717, 1.165) is 24.7 Å². The second-order valence-corrected chi connectivity index (χ2v) is 4.73. The van der Waals surface area contributed by atoms with Crippen molar-refractivity contribution in [2.75, 3.05) is 19.8 Å². The fraction of sp³-hybridized carbons (Fsp3) is 0.333. The fourth-order valence-electron chi connectivity index (χ4n) is 2.00. The van der Waals surface area contributed by atoms with Crippen LogP contribution in [-0.2, 0) is 9.53 Å². The van der Waals surface area contributed by atoms with Gasteiger partial charge in [0.05, 0.1) is 6.61 Å². The first-order chi connectivity index (χ1) is 9.65. The van der Waals surface area contributed by atoms with E-state index < -0.39 is 5.97 Å². The summed E-state index contributed by atoms with van der Waals surface area (Å²) < 4.78 is 5.25. The van der Waals surface area contributed by atoms with Crippen molar-refractivity contribution in [3.8, 4) is 0 Å². The fourth-order valence-corrected chi connectivity index (χ4v) is 2.00. The van der Waals surface area contributed by atoms with E-state index in [1.165, 1.54) is 6.08 Å². The maximum atomic E-state index is 11.9. The maximum Gasteiger partial charge on any atom is 0.328 e. The van der Waals surface area contributed by atoms with Gasteiger partial charge in [-0.05, 0) is 30.2 Å². The first kappa shape index (κ1) is 14.3. The highest BCUT2D eigenvalue weighted by Gasteiger charge is 2.16. The zero-order valence-electron chi connectivity index (χ0n) is 11.0. The Hall–Kier alpha value is -2.14. The van der Waals surface area contributed by atoms with Crippen LogP contribution in [0.1, 0.15) is 22.3 Å². The average Bonchev–Trinajstić information content (AvgIpc) is 2.96. The minimum Gasteiger partial charge on any atom is -0.478 e. The lowest BCUT2D eigenvalue weighted by molar-refractivity contribution is -0.131. The number of carbonyl (C=O) groups excluding carboxylic acids is 1. The van der Waals surface area contributed by atoms with Crippen LogP contribution >= 0.6 is 0 Å². The van der Waals surface area contributed by atoms with Gasteiger partial charge < -0.3 is 15.2 Å². The number of benzene rings is 1. The van der Waals surface area contributed by atoms with Crippen LogP contribution in [0.5, 0.6) is 0 Å². The van der Waals surface area contributed by atoms with Crippen LogP contribution < -0.4 is 5.32 Å². The molecule has 0 aromatic heterocycles. The molecule has 20 heavy (non-hydrogen) atoms. The van der Waals surface area contributed by atoms with E-state index in [2.05, 4.69) is 5.32 Å². The Bertz CT molecular complexity index is 501. The van der Waals surface area contributed by atoms with E-state index in [1.54, 1.807) is 24.3 Å². The summed E-state index contributed by atoms with van der Waals surface area (Å²) in [6.45, 7) is 2.10. The Morgan fingerprint density at radius 2 is 2.10 bits per heavy atom. The molecule has 0 spiro atoms. The molecule has 1 aromatic rings. The lowest BCUT2D eigenvalue weighted by Gasteiger charge is -2.09. The molecule has 1 aliphatic rings. The Labute approximate surface area is 117 Å². The van der Waals surface area contributed by atoms with Gasteiger partial charge >= 0.3 is 5.97 Å². The number of hydrogen-bond donors (Lipinski definition) is 2. The molecule has 1 unspecified atom stereocenters. The molecule has 2 N–H and O–H groups in total. The van der Waals surface area contributed by atoms with Gasteiger partial charge in [-0.2, -0.15) is 0 Å². The molecular formula is C15H17NO4. The van der Waals surface area contributed by atoms with Crippen molar-refractivity contribution in [2.45, 2.75) is 6.42 Å². The Kier molecular flexibility index (Phi) is 4.90. The number of carbonyl (C=O) groups is 2. The Morgan fingerprint density at radius 3 is 2.70 bits per heavy atom. The number of ether oxygens (including phenoxy) is 1. The number of aliphatic carboxylic acids is 1. The highest BCUT2D eigenvalue weighted by Crippen LogP contribution is 2.11. The molecule has 1 heterocycles. The second kappa shape index (κ2) is 6.86. The molecule has 1 aliphatic heterocycles. The van der Waals surface area contributed by atoms with E-state index >= 15 is 0 Å². The van der Waals surface area contributed by atoms with E-state index in [4.69, 9.17) is 9.84 Å². The number of amides is 1. The van der Waals surface area contributed by atoms with Gasteiger partial charge in [0, 0.05) is 30.7 Å². The van der Waals surface area contributed by atoms with Crippen LogP contribution in [0.15, 0.2) is 30.3 Å². The van der Waals surface area contributed by atoms with Crippen molar-refractivity contribution in [2.24, 2.45) is 5.92 Å². The number of hydrogen-bond acceptors (Lipinski definition) is 3. The summed E-state index contributed by atoms with van der Waals surface area (Å²) in [4.78, 5) is 22.3. The summed E-state index contributed by atoms with van der Waals surface area (Å²) in [5, 5.41) is 11.4. The summed E-state index contributed by atoms with van der Waals surface area (Å²) >= 11 is 0. The van der Waals surface area contributed by atoms with Crippen molar-refractivity contribution >= 4 is 18.0 Å². The molecule has 0 radical (unpaired) electrons. The van der Waals surface area contributed by atoms with Crippen LogP contribution in [-0.4, -0.2) is 36.7 Å². The van der Waals surface area contributed by atoms with Gasteiger partial charge in [0.2, 0.25) is 0 Å². The van der Waals surface area contributed by atoms with Crippen molar-refractivity contribution in [1.82, 2.24) is 5.32 Å². The highest BCUT2D eigenvalue weighted by atomic mass is 16.5. The number of rotatable bonds is 5. The third kappa shape index (κ3) is 4.20. The Balaban J connectivity index is 1.88. The zero-order chi connectivity index (χ0) is 14.4. The summed E-state index contributed by atoms with van der Waals surface area (Å²) in [5.41, 5.74) is 1.31. The Morgan fingerprint density at radius 1 is 1.35 bits per heavy atom. The van der Waals surface area contributed by atoms with Crippen molar-refractivity contribution in [3.63, 3.8) is 0 Å². The van der Waals surface area contributed by atoms with Crippen molar-refractivity contribution < 1.29 is 19.4 Å². The van der Waals surface area contributed by atoms with Gasteiger partial charge in [-0.15, -0.1) is 0 Å². The first-order valence-corrected chi connectivity index (χ1v) is 6.52. The molecule has 5 nitrogen and oxygen atoms in total. The molecule has 1 amide bonds. The first-order valence-electron chi connectivity index (χ1n) is 6.52. The van der Waals surface area contributed by atoms with E-state index in [0.29, 0.717) is 24.6 Å². The van der Waals surface area contributed by atoms with Crippen molar-refractivity contribution in [1.29, 1.82) is 0 Å². The predicted molar refractivity (Wildman–Crippen MR) is 74.4 cm³/mol. The third-order valence-electron chi connectivity index (χ3n) is 3.17. The quantitative estimate of drug-likeness (QED) is 0.799. The molecular weight excluding hydrogens is 258 g/mol.